The number of phenols is 2. The molecule has 2 atom stereocenters. The van der Waals surface area contributed by atoms with Crippen molar-refractivity contribution in [2.45, 2.75) is 45.4 Å². The average Bonchev–Trinajstić information content (AvgIpc) is 2.87. The number of fused-ring (bicyclic) bond motifs is 1. The largest absolute Gasteiger partial charge is 0.504 e. The maximum absolute atomic E-state index is 13.5. The molecule has 36 heavy (non-hydrogen) atoms. The van der Waals surface area contributed by atoms with Gasteiger partial charge in [-0.3, -0.25) is 4.79 Å². The number of ether oxygens (including phenoxy) is 4. The lowest BCUT2D eigenvalue weighted by atomic mass is 9.71. The molecule has 0 heterocycles. The number of carbonyl (C=O) groups excluding carboxylic acids is 2. The third kappa shape index (κ3) is 5.75. The Hall–Kier alpha value is -3.68. The molecule has 8 heteroatoms. The van der Waals surface area contributed by atoms with Gasteiger partial charge >= 0.3 is 11.9 Å². The van der Waals surface area contributed by atoms with Crippen molar-refractivity contribution in [3.05, 3.63) is 52.6 Å². The van der Waals surface area contributed by atoms with Gasteiger partial charge in [0, 0.05) is 5.92 Å². The minimum absolute atomic E-state index is 0.0633. The molecule has 1 aliphatic rings. The van der Waals surface area contributed by atoms with Gasteiger partial charge in [-0.05, 0) is 59.9 Å². The van der Waals surface area contributed by atoms with E-state index in [-0.39, 0.29) is 41.8 Å². The summed E-state index contributed by atoms with van der Waals surface area (Å²) < 4.78 is 21.7. The van der Waals surface area contributed by atoms with E-state index in [1.54, 1.807) is 24.3 Å². The fourth-order valence-electron chi connectivity index (χ4n) is 4.28. The van der Waals surface area contributed by atoms with E-state index >= 15 is 0 Å². The Morgan fingerprint density at radius 1 is 0.861 bits per heavy atom. The molecule has 0 aromatic heterocycles. The number of esters is 2. The molecule has 0 spiro atoms. The molecule has 2 N–H and O–H groups in total. The number of benzene rings is 2. The minimum atomic E-state index is -1.04. The first kappa shape index (κ1) is 26.9. The zero-order chi connectivity index (χ0) is 26.2. The summed E-state index contributed by atoms with van der Waals surface area (Å²) >= 11 is 0. The second-order valence-electron chi connectivity index (χ2n) is 8.65. The molecule has 1 aliphatic carbocycles. The molecule has 3 rings (SSSR count). The minimum Gasteiger partial charge on any atom is -0.504 e. The number of hydrogen-bond acceptors (Lipinski definition) is 8. The Bertz CT molecular complexity index is 1120. The second-order valence-corrected chi connectivity index (χ2v) is 8.65. The van der Waals surface area contributed by atoms with Crippen LogP contribution in [0.2, 0.25) is 0 Å². The monoisotopic (exact) mass is 498 g/mol. The van der Waals surface area contributed by atoms with Crippen LogP contribution in [0.15, 0.2) is 35.9 Å². The van der Waals surface area contributed by atoms with Gasteiger partial charge in [0.2, 0.25) is 0 Å². The van der Waals surface area contributed by atoms with E-state index < -0.39 is 23.8 Å². The first-order valence-electron chi connectivity index (χ1n) is 12.2. The lowest BCUT2D eigenvalue weighted by Gasteiger charge is -2.33. The van der Waals surface area contributed by atoms with E-state index in [0.717, 1.165) is 12.8 Å². The Balaban J connectivity index is 2.21. The van der Waals surface area contributed by atoms with Crippen LogP contribution in [0.25, 0.3) is 6.08 Å². The lowest BCUT2D eigenvalue weighted by Crippen LogP contribution is -2.33. The Morgan fingerprint density at radius 2 is 1.50 bits per heavy atom. The highest BCUT2D eigenvalue weighted by atomic mass is 16.5. The zero-order valence-electron chi connectivity index (χ0n) is 21.2. The van der Waals surface area contributed by atoms with E-state index in [1.807, 2.05) is 13.8 Å². The summed E-state index contributed by atoms with van der Waals surface area (Å²) in [4.78, 5) is 26.8. The van der Waals surface area contributed by atoms with Crippen LogP contribution in [0.3, 0.4) is 0 Å². The van der Waals surface area contributed by atoms with Crippen LogP contribution in [0, 0.1) is 5.92 Å². The molecule has 0 radical (unpaired) electrons. The molecular formula is C28H34O8. The van der Waals surface area contributed by atoms with Gasteiger partial charge in [0.15, 0.2) is 23.0 Å². The highest BCUT2D eigenvalue weighted by molar-refractivity contribution is 6.02. The Morgan fingerprint density at radius 3 is 2.14 bits per heavy atom. The maximum Gasteiger partial charge on any atom is 0.334 e. The van der Waals surface area contributed by atoms with Crippen molar-refractivity contribution in [3.8, 4) is 23.0 Å². The van der Waals surface area contributed by atoms with Gasteiger partial charge in [-0.2, -0.15) is 0 Å². The Kier molecular flexibility index (Phi) is 9.22. The molecule has 0 unspecified atom stereocenters. The highest BCUT2D eigenvalue weighted by Gasteiger charge is 2.43. The average molecular weight is 499 g/mol. The topological polar surface area (TPSA) is 112 Å². The normalized spacial score (nSPS) is 16.5. The summed E-state index contributed by atoms with van der Waals surface area (Å²) in [6.45, 7) is 4.43. The van der Waals surface area contributed by atoms with Crippen molar-refractivity contribution < 1.29 is 38.7 Å². The number of methoxy groups -OCH3 is 2. The predicted molar refractivity (Wildman–Crippen MR) is 134 cm³/mol. The molecule has 2 aromatic carbocycles. The van der Waals surface area contributed by atoms with Gasteiger partial charge in [0.25, 0.3) is 0 Å². The summed E-state index contributed by atoms with van der Waals surface area (Å²) in [5.74, 6) is -2.65. The summed E-state index contributed by atoms with van der Waals surface area (Å²) in [6.07, 6.45) is 4.68. The van der Waals surface area contributed by atoms with E-state index in [0.29, 0.717) is 29.5 Å². The van der Waals surface area contributed by atoms with Gasteiger partial charge in [0.1, 0.15) is 0 Å². The standard InChI is InChI=1S/C28H34O8/c1-5-7-11-35-27(31)20-13-18-15-24(34-4)22(30)16-19(18)25(26(20)28(32)36-12-8-6-2)17-9-10-21(29)23(14-17)33-3/h9-10,13-16,25-26,29-30H,5-8,11-12H2,1-4H3/t25-,26-/m1/s1. The van der Waals surface area contributed by atoms with Gasteiger partial charge in [-0.15, -0.1) is 0 Å². The number of hydrogen-bond donors (Lipinski definition) is 2. The fourth-order valence-corrected chi connectivity index (χ4v) is 4.28. The summed E-state index contributed by atoms with van der Waals surface area (Å²) in [5.41, 5.74) is 1.95. The summed E-state index contributed by atoms with van der Waals surface area (Å²) in [5, 5.41) is 20.7. The molecule has 194 valence electrons. The van der Waals surface area contributed by atoms with Crippen LogP contribution >= 0.6 is 0 Å². The zero-order valence-corrected chi connectivity index (χ0v) is 21.2. The maximum atomic E-state index is 13.5. The molecule has 0 saturated carbocycles. The SMILES string of the molecule is CCCCOC(=O)C1=Cc2cc(OC)c(O)cc2[C@@H](c2ccc(O)c(OC)c2)[C@@H]1C(=O)OCCCC. The molecule has 2 aromatic rings. The Labute approximate surface area is 211 Å². The van der Waals surface area contributed by atoms with E-state index in [9.17, 15) is 19.8 Å². The molecule has 8 nitrogen and oxygen atoms in total. The van der Waals surface area contributed by atoms with Crippen molar-refractivity contribution in [2.75, 3.05) is 27.4 Å². The first-order chi connectivity index (χ1) is 17.4. The second kappa shape index (κ2) is 12.3. The van der Waals surface area contributed by atoms with Crippen LogP contribution in [-0.2, 0) is 19.1 Å². The van der Waals surface area contributed by atoms with E-state index in [1.165, 1.54) is 26.4 Å². The molecule has 0 bridgehead atoms. The molecule has 0 saturated heterocycles. The summed E-state index contributed by atoms with van der Waals surface area (Å²) in [6, 6.07) is 7.88. The number of unbranched alkanes of at least 4 members (excludes halogenated alkanes) is 2. The van der Waals surface area contributed by atoms with Crippen molar-refractivity contribution in [3.63, 3.8) is 0 Å². The fraction of sp³-hybridized carbons (Fsp3) is 0.429. The number of carbonyl (C=O) groups is 2. The quantitative estimate of drug-likeness (QED) is 0.331. The molecule has 0 aliphatic heterocycles. The lowest BCUT2D eigenvalue weighted by molar-refractivity contribution is -0.151. The van der Waals surface area contributed by atoms with Crippen LogP contribution < -0.4 is 9.47 Å². The molecule has 0 amide bonds. The molecular weight excluding hydrogens is 464 g/mol. The van der Waals surface area contributed by atoms with Crippen molar-refractivity contribution in [1.82, 2.24) is 0 Å². The van der Waals surface area contributed by atoms with E-state index in [4.69, 9.17) is 18.9 Å². The van der Waals surface area contributed by atoms with Crippen molar-refractivity contribution in [2.24, 2.45) is 5.92 Å². The highest BCUT2D eigenvalue weighted by Crippen LogP contribution is 2.48. The van der Waals surface area contributed by atoms with Gasteiger partial charge in [0.05, 0.1) is 38.9 Å². The molecule has 0 fully saturated rings. The number of phenolic OH excluding ortho intramolecular Hbond substituents is 2. The van der Waals surface area contributed by atoms with Gasteiger partial charge in [-0.1, -0.05) is 32.8 Å². The smallest absolute Gasteiger partial charge is 0.334 e. The van der Waals surface area contributed by atoms with Crippen LogP contribution in [-0.4, -0.2) is 49.6 Å². The van der Waals surface area contributed by atoms with Crippen LogP contribution in [0.1, 0.15) is 62.1 Å². The van der Waals surface area contributed by atoms with E-state index in [2.05, 4.69) is 0 Å². The van der Waals surface area contributed by atoms with Crippen LogP contribution in [0.5, 0.6) is 23.0 Å². The third-order valence-corrected chi connectivity index (χ3v) is 6.22. The van der Waals surface area contributed by atoms with Crippen molar-refractivity contribution >= 4 is 18.0 Å². The first-order valence-corrected chi connectivity index (χ1v) is 12.2. The number of aromatic hydroxyl groups is 2. The van der Waals surface area contributed by atoms with Gasteiger partial charge < -0.3 is 29.2 Å². The summed E-state index contributed by atoms with van der Waals surface area (Å²) in [7, 11) is 2.86. The predicted octanol–water partition coefficient (Wildman–Crippen LogP) is 4.95. The van der Waals surface area contributed by atoms with Gasteiger partial charge in [-0.25, -0.2) is 4.79 Å². The number of rotatable bonds is 11. The van der Waals surface area contributed by atoms with Crippen LogP contribution in [0.4, 0.5) is 0 Å². The van der Waals surface area contributed by atoms with Crippen molar-refractivity contribution in [1.29, 1.82) is 0 Å². The third-order valence-electron chi connectivity index (χ3n) is 6.22.